The lowest BCUT2D eigenvalue weighted by atomic mass is 9.85. The number of ether oxygens (including phenoxy) is 1. The average Bonchev–Trinajstić information content (AvgIpc) is 3.40. The first-order valence-electron chi connectivity index (χ1n) is 9.77. The van der Waals surface area contributed by atoms with Crippen molar-refractivity contribution in [3.63, 3.8) is 0 Å². The highest BCUT2D eigenvalue weighted by atomic mass is 19.1. The monoisotopic (exact) mass is 348 g/mol. The fourth-order valence-electron chi connectivity index (χ4n) is 4.60. The summed E-state index contributed by atoms with van der Waals surface area (Å²) in [4.78, 5) is 13.3. The maximum absolute atomic E-state index is 13.1. The number of hydrogen-bond donors (Lipinski definition) is 0. The third kappa shape index (κ3) is 3.65. The number of aromatic nitrogens is 2. The van der Waals surface area contributed by atoms with Gasteiger partial charge in [-0.05, 0) is 51.4 Å². The maximum Gasteiger partial charge on any atom is 0.225 e. The van der Waals surface area contributed by atoms with E-state index in [0.717, 1.165) is 45.1 Å². The van der Waals surface area contributed by atoms with E-state index < -0.39 is 0 Å². The number of halogens is 1. The summed E-state index contributed by atoms with van der Waals surface area (Å²) >= 11 is 0. The van der Waals surface area contributed by atoms with Gasteiger partial charge in [-0.25, -0.2) is 14.4 Å². The van der Waals surface area contributed by atoms with E-state index in [1.807, 2.05) is 0 Å². The van der Waals surface area contributed by atoms with Gasteiger partial charge in [0.1, 0.15) is 0 Å². The first kappa shape index (κ1) is 17.2. The molecule has 6 heteroatoms. The standard InChI is InChI=1S/C19H29FN4O/c1-2-25-14-17-5-6-19(24(17)13-15-3-4-15)7-9-23(10-8-19)18-21-11-16(20)12-22-18/h11-12,15,17H,2-10,13-14H2,1H3/t17-/m0/s1. The van der Waals surface area contributed by atoms with Crippen LogP contribution in [0.25, 0.3) is 0 Å². The van der Waals surface area contributed by atoms with Crippen molar-refractivity contribution in [3.8, 4) is 0 Å². The number of rotatable bonds is 6. The van der Waals surface area contributed by atoms with E-state index in [9.17, 15) is 4.39 Å². The number of piperidine rings is 1. The number of anilines is 1. The third-order valence-electron chi connectivity index (χ3n) is 6.24. The van der Waals surface area contributed by atoms with E-state index in [1.165, 1.54) is 44.6 Å². The molecule has 3 fully saturated rings. The molecule has 3 aliphatic rings. The largest absolute Gasteiger partial charge is 0.380 e. The molecule has 1 saturated carbocycles. The zero-order chi connectivity index (χ0) is 17.3. The Kier molecular flexibility index (Phi) is 4.91. The van der Waals surface area contributed by atoms with E-state index in [4.69, 9.17) is 4.74 Å². The topological polar surface area (TPSA) is 41.5 Å². The lowest BCUT2D eigenvalue weighted by molar-refractivity contribution is 0.0237. The molecule has 5 nitrogen and oxygen atoms in total. The molecule has 0 amide bonds. The van der Waals surface area contributed by atoms with Gasteiger partial charge in [-0.2, -0.15) is 0 Å². The van der Waals surface area contributed by atoms with E-state index in [0.29, 0.717) is 17.5 Å². The highest BCUT2D eigenvalue weighted by Gasteiger charge is 2.49. The first-order valence-corrected chi connectivity index (χ1v) is 9.77. The van der Waals surface area contributed by atoms with Crippen LogP contribution in [0.2, 0.25) is 0 Å². The molecule has 0 bridgehead atoms. The molecule has 4 rings (SSSR count). The number of hydrogen-bond acceptors (Lipinski definition) is 5. The summed E-state index contributed by atoms with van der Waals surface area (Å²) in [6, 6.07) is 0.578. The van der Waals surface area contributed by atoms with Crippen molar-refractivity contribution in [1.29, 1.82) is 0 Å². The molecule has 25 heavy (non-hydrogen) atoms. The maximum atomic E-state index is 13.1. The lowest BCUT2D eigenvalue weighted by Crippen LogP contribution is -2.55. The molecular weight excluding hydrogens is 319 g/mol. The molecule has 0 unspecified atom stereocenters. The summed E-state index contributed by atoms with van der Waals surface area (Å²) in [6.07, 6.45) is 10.1. The van der Waals surface area contributed by atoms with Gasteiger partial charge in [0.25, 0.3) is 0 Å². The SMILES string of the molecule is CCOC[C@@H]1CCC2(CCN(c3ncc(F)cn3)CC2)N1CC1CC1. The summed E-state index contributed by atoms with van der Waals surface area (Å²) in [5, 5.41) is 0. The predicted molar refractivity (Wildman–Crippen MR) is 95.1 cm³/mol. The summed E-state index contributed by atoms with van der Waals surface area (Å²) < 4.78 is 18.8. The highest BCUT2D eigenvalue weighted by molar-refractivity contribution is 5.30. The van der Waals surface area contributed by atoms with Gasteiger partial charge in [0.2, 0.25) is 5.95 Å². The molecule has 138 valence electrons. The van der Waals surface area contributed by atoms with Gasteiger partial charge < -0.3 is 9.64 Å². The zero-order valence-corrected chi connectivity index (χ0v) is 15.2. The minimum atomic E-state index is -0.373. The average molecular weight is 348 g/mol. The second-order valence-electron chi connectivity index (χ2n) is 7.86. The Labute approximate surface area is 149 Å². The Hall–Kier alpha value is -1.27. The molecule has 1 aromatic rings. The second kappa shape index (κ2) is 7.16. The van der Waals surface area contributed by atoms with Crippen molar-refractivity contribution in [2.45, 2.75) is 57.0 Å². The molecule has 1 aromatic heterocycles. The lowest BCUT2D eigenvalue weighted by Gasteiger charge is -2.46. The van der Waals surface area contributed by atoms with Crippen molar-refractivity contribution < 1.29 is 9.13 Å². The Bertz CT molecular complexity index is 569. The Morgan fingerprint density at radius 2 is 1.88 bits per heavy atom. The molecule has 2 saturated heterocycles. The van der Waals surface area contributed by atoms with E-state index in [2.05, 4.69) is 26.7 Å². The van der Waals surface area contributed by atoms with Gasteiger partial charge >= 0.3 is 0 Å². The molecule has 1 atom stereocenters. The minimum Gasteiger partial charge on any atom is -0.380 e. The normalized spacial score (nSPS) is 26.5. The molecule has 3 heterocycles. The first-order chi connectivity index (χ1) is 12.2. The van der Waals surface area contributed by atoms with Crippen molar-refractivity contribution in [2.24, 2.45) is 5.92 Å². The smallest absolute Gasteiger partial charge is 0.225 e. The fourth-order valence-corrected chi connectivity index (χ4v) is 4.60. The predicted octanol–water partition coefficient (Wildman–Crippen LogP) is 2.87. The summed E-state index contributed by atoms with van der Waals surface area (Å²) in [5.41, 5.74) is 0.320. The Balaban J connectivity index is 1.43. The summed E-state index contributed by atoms with van der Waals surface area (Å²) in [7, 11) is 0. The van der Waals surface area contributed by atoms with Gasteiger partial charge in [-0.15, -0.1) is 0 Å². The number of nitrogens with zero attached hydrogens (tertiary/aromatic N) is 4. The van der Waals surface area contributed by atoms with Crippen molar-refractivity contribution in [3.05, 3.63) is 18.2 Å². The fraction of sp³-hybridized carbons (Fsp3) is 0.789. The second-order valence-corrected chi connectivity index (χ2v) is 7.86. The van der Waals surface area contributed by atoms with Crippen LogP contribution in [0, 0.1) is 11.7 Å². The van der Waals surface area contributed by atoms with Gasteiger partial charge in [0.15, 0.2) is 5.82 Å². The highest BCUT2D eigenvalue weighted by Crippen LogP contribution is 2.45. The quantitative estimate of drug-likeness (QED) is 0.791. The Morgan fingerprint density at radius 3 is 2.52 bits per heavy atom. The van der Waals surface area contributed by atoms with Crippen LogP contribution in [-0.2, 0) is 4.74 Å². The van der Waals surface area contributed by atoms with E-state index >= 15 is 0 Å². The minimum absolute atomic E-state index is 0.320. The van der Waals surface area contributed by atoms with Gasteiger partial charge in [0, 0.05) is 37.8 Å². The van der Waals surface area contributed by atoms with E-state index in [1.54, 1.807) is 0 Å². The zero-order valence-electron chi connectivity index (χ0n) is 15.2. The molecule has 0 radical (unpaired) electrons. The van der Waals surface area contributed by atoms with Crippen LogP contribution in [0.1, 0.15) is 45.4 Å². The number of likely N-dealkylation sites (tertiary alicyclic amines) is 1. The van der Waals surface area contributed by atoms with Crippen LogP contribution in [0.3, 0.4) is 0 Å². The molecule has 0 aromatic carbocycles. The van der Waals surface area contributed by atoms with Gasteiger partial charge in [0.05, 0.1) is 19.0 Å². The Morgan fingerprint density at radius 1 is 1.16 bits per heavy atom. The van der Waals surface area contributed by atoms with Crippen LogP contribution in [0.15, 0.2) is 12.4 Å². The summed E-state index contributed by atoms with van der Waals surface area (Å²) in [6.45, 7) is 6.90. The van der Waals surface area contributed by atoms with Crippen LogP contribution >= 0.6 is 0 Å². The third-order valence-corrected chi connectivity index (χ3v) is 6.24. The van der Waals surface area contributed by atoms with Crippen LogP contribution in [-0.4, -0.2) is 59.3 Å². The molecular formula is C19H29FN4O. The van der Waals surface area contributed by atoms with Crippen molar-refractivity contribution in [1.82, 2.24) is 14.9 Å². The van der Waals surface area contributed by atoms with Crippen molar-refractivity contribution in [2.75, 3.05) is 37.7 Å². The van der Waals surface area contributed by atoms with Crippen LogP contribution in [0.5, 0.6) is 0 Å². The molecule has 2 aliphatic heterocycles. The van der Waals surface area contributed by atoms with Gasteiger partial charge in [-0.1, -0.05) is 0 Å². The molecule has 0 N–H and O–H groups in total. The molecule has 1 spiro atoms. The van der Waals surface area contributed by atoms with Crippen LogP contribution in [0.4, 0.5) is 10.3 Å². The molecule has 1 aliphatic carbocycles. The summed E-state index contributed by atoms with van der Waals surface area (Å²) in [5.74, 6) is 1.19. The van der Waals surface area contributed by atoms with Gasteiger partial charge in [-0.3, -0.25) is 4.90 Å². The van der Waals surface area contributed by atoms with Crippen molar-refractivity contribution >= 4 is 5.95 Å². The van der Waals surface area contributed by atoms with Crippen LogP contribution < -0.4 is 4.90 Å². The van der Waals surface area contributed by atoms with E-state index in [-0.39, 0.29) is 5.82 Å².